The number of nitrogens with zero attached hydrogens (tertiary/aromatic N) is 4. The summed E-state index contributed by atoms with van der Waals surface area (Å²) in [7, 11) is 0. The maximum Gasteiger partial charge on any atom is 0.156 e. The Morgan fingerprint density at radius 2 is 2.25 bits per heavy atom. The maximum atomic E-state index is 5.89. The molecule has 0 fully saturated rings. The van der Waals surface area contributed by atoms with Crippen molar-refractivity contribution in [1.82, 2.24) is 20.2 Å². The predicted molar refractivity (Wildman–Crippen MR) is 65.9 cm³/mol. The average molecular weight is 302 g/mol. The van der Waals surface area contributed by atoms with E-state index in [0.717, 1.165) is 28.8 Å². The van der Waals surface area contributed by atoms with Crippen LogP contribution in [-0.2, 0) is 6.42 Å². The minimum Gasteiger partial charge on any atom is -0.196 e. The standard InChI is InChI=1S/C10H10BrClN4/c1-2-3-10-13-14-15-16(10)9-5-4-7(12)6-8(9)11/h4-6H,2-3H2,1H3. The number of hydrogen-bond acceptors (Lipinski definition) is 3. The highest BCUT2D eigenvalue weighted by Crippen LogP contribution is 2.24. The lowest BCUT2D eigenvalue weighted by Crippen LogP contribution is -2.03. The largest absolute Gasteiger partial charge is 0.196 e. The molecule has 0 amide bonds. The van der Waals surface area contributed by atoms with E-state index in [9.17, 15) is 0 Å². The second kappa shape index (κ2) is 4.93. The first-order chi connectivity index (χ1) is 7.72. The lowest BCUT2D eigenvalue weighted by molar-refractivity contribution is 0.743. The van der Waals surface area contributed by atoms with Gasteiger partial charge in [0.05, 0.1) is 5.69 Å². The molecule has 2 aromatic rings. The average Bonchev–Trinajstić information content (AvgIpc) is 2.67. The van der Waals surface area contributed by atoms with Crippen LogP contribution in [0.5, 0.6) is 0 Å². The summed E-state index contributed by atoms with van der Waals surface area (Å²) < 4.78 is 2.61. The molecule has 0 N–H and O–H groups in total. The second-order valence-electron chi connectivity index (χ2n) is 3.35. The fourth-order valence-corrected chi connectivity index (χ4v) is 2.28. The lowest BCUT2D eigenvalue weighted by Gasteiger charge is -2.06. The van der Waals surface area contributed by atoms with Gasteiger partial charge < -0.3 is 0 Å². The van der Waals surface area contributed by atoms with E-state index >= 15 is 0 Å². The van der Waals surface area contributed by atoms with Crippen LogP contribution >= 0.6 is 27.5 Å². The molecule has 0 aliphatic rings. The van der Waals surface area contributed by atoms with E-state index in [2.05, 4.69) is 38.4 Å². The third-order valence-electron chi connectivity index (χ3n) is 2.15. The molecule has 0 saturated heterocycles. The Bertz CT molecular complexity index is 497. The minimum absolute atomic E-state index is 0.681. The number of aromatic nitrogens is 4. The van der Waals surface area contributed by atoms with Gasteiger partial charge in [-0.15, -0.1) is 5.10 Å². The van der Waals surface area contributed by atoms with Crippen molar-refractivity contribution in [3.05, 3.63) is 33.5 Å². The second-order valence-corrected chi connectivity index (χ2v) is 4.64. The fourth-order valence-electron chi connectivity index (χ4n) is 1.43. The summed E-state index contributed by atoms with van der Waals surface area (Å²) in [6.07, 6.45) is 1.85. The first kappa shape index (κ1) is 11.5. The van der Waals surface area contributed by atoms with E-state index in [1.54, 1.807) is 4.68 Å². The summed E-state index contributed by atoms with van der Waals surface area (Å²) in [5, 5.41) is 12.3. The smallest absolute Gasteiger partial charge is 0.156 e. The van der Waals surface area contributed by atoms with Gasteiger partial charge in [-0.2, -0.15) is 4.68 Å². The number of aryl methyl sites for hydroxylation is 1. The summed E-state index contributed by atoms with van der Waals surface area (Å²) in [5.41, 5.74) is 0.901. The molecule has 0 unspecified atom stereocenters. The highest BCUT2D eigenvalue weighted by atomic mass is 79.9. The van der Waals surface area contributed by atoms with Gasteiger partial charge in [-0.25, -0.2) is 0 Å². The summed E-state index contributed by atoms with van der Waals surface area (Å²) in [4.78, 5) is 0. The number of hydrogen-bond donors (Lipinski definition) is 0. The van der Waals surface area contributed by atoms with Gasteiger partial charge in [0.25, 0.3) is 0 Å². The lowest BCUT2D eigenvalue weighted by atomic mass is 10.3. The monoisotopic (exact) mass is 300 g/mol. The van der Waals surface area contributed by atoms with Crippen LogP contribution in [0.3, 0.4) is 0 Å². The van der Waals surface area contributed by atoms with E-state index in [0.29, 0.717) is 5.02 Å². The third-order valence-corrected chi connectivity index (χ3v) is 3.02. The molecule has 84 valence electrons. The topological polar surface area (TPSA) is 43.6 Å². The predicted octanol–water partition coefficient (Wildman–Crippen LogP) is 3.03. The van der Waals surface area contributed by atoms with E-state index in [-0.39, 0.29) is 0 Å². The third kappa shape index (κ3) is 2.25. The van der Waals surface area contributed by atoms with Crippen molar-refractivity contribution in [3.63, 3.8) is 0 Å². The molecule has 4 nitrogen and oxygen atoms in total. The van der Waals surface area contributed by atoms with Gasteiger partial charge in [0.15, 0.2) is 5.82 Å². The SMILES string of the molecule is CCCc1nnnn1-c1ccc(Cl)cc1Br. The van der Waals surface area contributed by atoms with Crippen LogP contribution in [0.25, 0.3) is 5.69 Å². The molecule has 0 saturated carbocycles. The Kier molecular flexibility index (Phi) is 3.56. The number of halogens is 2. The van der Waals surface area contributed by atoms with Crippen LogP contribution in [-0.4, -0.2) is 20.2 Å². The molecule has 1 aromatic heterocycles. The molecular formula is C10H10BrClN4. The van der Waals surface area contributed by atoms with E-state index in [1.807, 2.05) is 18.2 Å². The van der Waals surface area contributed by atoms with Crippen LogP contribution in [0.15, 0.2) is 22.7 Å². The number of tetrazole rings is 1. The first-order valence-electron chi connectivity index (χ1n) is 4.95. The van der Waals surface area contributed by atoms with Gasteiger partial charge in [-0.05, 0) is 51.0 Å². The van der Waals surface area contributed by atoms with Crippen molar-refractivity contribution < 1.29 is 0 Å². The van der Waals surface area contributed by atoms with E-state index in [4.69, 9.17) is 11.6 Å². The van der Waals surface area contributed by atoms with Crippen molar-refractivity contribution in [1.29, 1.82) is 0 Å². The van der Waals surface area contributed by atoms with E-state index in [1.165, 1.54) is 0 Å². The van der Waals surface area contributed by atoms with Crippen LogP contribution < -0.4 is 0 Å². The Morgan fingerprint density at radius 3 is 2.94 bits per heavy atom. The summed E-state index contributed by atoms with van der Waals surface area (Å²) in [5.74, 6) is 0.852. The van der Waals surface area contributed by atoms with Crippen LogP contribution in [0.2, 0.25) is 5.02 Å². The van der Waals surface area contributed by atoms with Crippen molar-refractivity contribution in [2.75, 3.05) is 0 Å². The normalized spacial score (nSPS) is 10.7. The van der Waals surface area contributed by atoms with Crippen LogP contribution in [0, 0.1) is 0 Å². The van der Waals surface area contributed by atoms with Gasteiger partial charge >= 0.3 is 0 Å². The Hall–Kier alpha value is -0.940. The van der Waals surface area contributed by atoms with Crippen LogP contribution in [0.4, 0.5) is 0 Å². The Morgan fingerprint density at radius 1 is 1.44 bits per heavy atom. The van der Waals surface area contributed by atoms with Gasteiger partial charge in [0.2, 0.25) is 0 Å². The fraction of sp³-hybridized carbons (Fsp3) is 0.300. The molecule has 1 heterocycles. The number of rotatable bonds is 3. The van der Waals surface area contributed by atoms with Crippen molar-refractivity contribution in [2.24, 2.45) is 0 Å². The van der Waals surface area contributed by atoms with Gasteiger partial charge in [0.1, 0.15) is 0 Å². The molecule has 0 spiro atoms. The van der Waals surface area contributed by atoms with Crippen molar-refractivity contribution >= 4 is 27.5 Å². The Labute approximate surface area is 107 Å². The zero-order valence-corrected chi connectivity index (χ0v) is 11.0. The molecule has 0 bridgehead atoms. The molecule has 2 rings (SSSR count). The van der Waals surface area contributed by atoms with Crippen molar-refractivity contribution in [2.45, 2.75) is 19.8 Å². The molecule has 6 heteroatoms. The summed E-state index contributed by atoms with van der Waals surface area (Å²) >= 11 is 9.34. The van der Waals surface area contributed by atoms with Gasteiger partial charge in [0, 0.05) is 15.9 Å². The van der Waals surface area contributed by atoms with E-state index < -0.39 is 0 Å². The molecule has 0 radical (unpaired) electrons. The molecule has 0 aliphatic heterocycles. The molecule has 0 atom stereocenters. The molecule has 16 heavy (non-hydrogen) atoms. The summed E-state index contributed by atoms with van der Waals surface area (Å²) in [6.45, 7) is 2.09. The minimum atomic E-state index is 0.681. The first-order valence-corrected chi connectivity index (χ1v) is 6.12. The van der Waals surface area contributed by atoms with Gasteiger partial charge in [-0.1, -0.05) is 18.5 Å². The number of benzene rings is 1. The summed E-state index contributed by atoms with van der Waals surface area (Å²) in [6, 6.07) is 5.54. The molecule has 0 aliphatic carbocycles. The van der Waals surface area contributed by atoms with Gasteiger partial charge in [-0.3, -0.25) is 0 Å². The molecule has 1 aromatic carbocycles. The van der Waals surface area contributed by atoms with Crippen molar-refractivity contribution in [3.8, 4) is 5.69 Å². The highest BCUT2D eigenvalue weighted by molar-refractivity contribution is 9.10. The maximum absolute atomic E-state index is 5.89. The highest BCUT2D eigenvalue weighted by Gasteiger charge is 2.10. The zero-order chi connectivity index (χ0) is 11.5. The quantitative estimate of drug-likeness (QED) is 0.875. The van der Waals surface area contributed by atoms with Crippen LogP contribution in [0.1, 0.15) is 19.2 Å². The Balaban J connectivity index is 2.46. The molecular weight excluding hydrogens is 291 g/mol. The zero-order valence-electron chi connectivity index (χ0n) is 8.69.